The van der Waals surface area contributed by atoms with Crippen molar-refractivity contribution in [3.63, 3.8) is 0 Å². The second kappa shape index (κ2) is 8.40. The molecule has 126 valence electrons. The molecule has 0 heterocycles. The van der Waals surface area contributed by atoms with E-state index >= 15 is 0 Å². The van der Waals surface area contributed by atoms with Gasteiger partial charge in [-0.1, -0.05) is 6.07 Å². The summed E-state index contributed by atoms with van der Waals surface area (Å²) >= 11 is 1.63. The van der Waals surface area contributed by atoms with Crippen LogP contribution in [-0.4, -0.2) is 43.7 Å². The highest BCUT2D eigenvalue weighted by molar-refractivity contribution is 7.98. The van der Waals surface area contributed by atoms with Crippen molar-refractivity contribution in [2.45, 2.75) is 4.90 Å². The molecule has 0 aromatic heterocycles. The number of benzene rings is 2. The van der Waals surface area contributed by atoms with E-state index in [1.807, 2.05) is 18.4 Å². The summed E-state index contributed by atoms with van der Waals surface area (Å²) in [5.74, 6) is 0.211. The molecule has 0 bridgehead atoms. The number of carbonyl (C=O) groups excluding carboxylic acids is 2. The molecule has 0 aliphatic rings. The summed E-state index contributed by atoms with van der Waals surface area (Å²) in [6.07, 6.45) is 1.99. The van der Waals surface area contributed by atoms with Gasteiger partial charge in [-0.05, 0) is 42.7 Å². The smallest absolute Gasteiger partial charge is 0.259 e. The number of hydrogen-bond donors (Lipinski definition) is 1. The number of thioether (sulfide) groups is 1. The van der Waals surface area contributed by atoms with Gasteiger partial charge in [0.25, 0.3) is 11.8 Å². The second-order valence-corrected chi connectivity index (χ2v) is 6.17. The van der Waals surface area contributed by atoms with Crippen LogP contribution >= 0.6 is 11.8 Å². The van der Waals surface area contributed by atoms with Crippen molar-refractivity contribution in [3.8, 4) is 5.75 Å². The van der Waals surface area contributed by atoms with Gasteiger partial charge in [-0.3, -0.25) is 9.59 Å². The summed E-state index contributed by atoms with van der Waals surface area (Å²) in [7, 11) is 3.34. The quantitative estimate of drug-likeness (QED) is 0.818. The average Bonchev–Trinajstić information content (AvgIpc) is 2.60. The predicted molar refractivity (Wildman–Crippen MR) is 96.8 cm³/mol. The standard InChI is InChI=1S/C18H20N2O3S/c1-20(2)17(21)12-23-15-6-4-5-14(11-15)19-18(22)13-7-9-16(24-3)10-8-13/h4-11H,12H2,1-3H3,(H,19,22). The number of nitrogens with zero attached hydrogens (tertiary/aromatic N) is 1. The minimum Gasteiger partial charge on any atom is -0.484 e. The van der Waals surface area contributed by atoms with Crippen LogP contribution < -0.4 is 10.1 Å². The van der Waals surface area contributed by atoms with Crippen molar-refractivity contribution in [1.29, 1.82) is 0 Å². The first kappa shape index (κ1) is 17.9. The fraction of sp³-hybridized carbons (Fsp3) is 0.222. The van der Waals surface area contributed by atoms with E-state index in [0.29, 0.717) is 17.0 Å². The maximum absolute atomic E-state index is 12.3. The molecule has 5 nitrogen and oxygen atoms in total. The minimum absolute atomic E-state index is 0.0411. The molecular weight excluding hydrogens is 324 g/mol. The zero-order valence-electron chi connectivity index (χ0n) is 13.9. The molecule has 0 spiro atoms. The number of likely N-dealkylation sites (N-methyl/N-ethyl adjacent to an activating group) is 1. The van der Waals surface area contributed by atoms with E-state index in [1.165, 1.54) is 4.90 Å². The first-order valence-corrected chi connectivity index (χ1v) is 8.60. The summed E-state index contributed by atoms with van der Waals surface area (Å²) in [5, 5.41) is 2.83. The lowest BCUT2D eigenvalue weighted by Crippen LogP contribution is -2.27. The molecule has 1 N–H and O–H groups in total. The van der Waals surface area contributed by atoms with Crippen molar-refractivity contribution in [1.82, 2.24) is 4.90 Å². The van der Waals surface area contributed by atoms with Crippen LogP contribution in [0.4, 0.5) is 5.69 Å². The molecule has 2 aromatic rings. The van der Waals surface area contributed by atoms with E-state index in [2.05, 4.69) is 5.32 Å². The highest BCUT2D eigenvalue weighted by Crippen LogP contribution is 2.19. The molecular formula is C18H20N2O3S. The van der Waals surface area contributed by atoms with Gasteiger partial charge in [-0.15, -0.1) is 11.8 Å². The third kappa shape index (κ3) is 5.03. The van der Waals surface area contributed by atoms with E-state index in [4.69, 9.17) is 4.74 Å². The van der Waals surface area contributed by atoms with Gasteiger partial charge in [0, 0.05) is 36.3 Å². The number of anilines is 1. The molecule has 0 unspecified atom stereocenters. The highest BCUT2D eigenvalue weighted by atomic mass is 32.2. The molecule has 0 aliphatic carbocycles. The Morgan fingerprint density at radius 3 is 2.46 bits per heavy atom. The van der Waals surface area contributed by atoms with Gasteiger partial charge < -0.3 is 15.0 Å². The summed E-state index contributed by atoms with van der Waals surface area (Å²) in [6, 6.07) is 14.4. The number of nitrogens with one attached hydrogen (secondary N) is 1. The molecule has 0 fully saturated rings. The zero-order chi connectivity index (χ0) is 17.5. The lowest BCUT2D eigenvalue weighted by molar-refractivity contribution is -0.130. The normalized spacial score (nSPS) is 10.1. The van der Waals surface area contributed by atoms with Gasteiger partial charge in [0.1, 0.15) is 5.75 Å². The Kier molecular flexibility index (Phi) is 6.26. The van der Waals surface area contributed by atoms with Crippen LogP contribution in [0.5, 0.6) is 5.75 Å². The molecule has 0 atom stereocenters. The number of carbonyl (C=O) groups is 2. The van der Waals surface area contributed by atoms with Gasteiger partial charge >= 0.3 is 0 Å². The fourth-order valence-electron chi connectivity index (χ4n) is 1.88. The number of rotatable bonds is 6. The summed E-state index contributed by atoms with van der Waals surface area (Å²) in [5.41, 5.74) is 1.20. The van der Waals surface area contributed by atoms with Crippen molar-refractivity contribution < 1.29 is 14.3 Å². The number of ether oxygens (including phenoxy) is 1. The summed E-state index contributed by atoms with van der Waals surface area (Å²) < 4.78 is 5.44. The van der Waals surface area contributed by atoms with Crippen molar-refractivity contribution >= 4 is 29.3 Å². The van der Waals surface area contributed by atoms with Crippen LogP contribution in [-0.2, 0) is 4.79 Å². The van der Waals surface area contributed by atoms with Gasteiger partial charge in [0.2, 0.25) is 0 Å². The molecule has 0 saturated carbocycles. The Balaban J connectivity index is 2.00. The van der Waals surface area contributed by atoms with Gasteiger partial charge in [-0.25, -0.2) is 0 Å². The van der Waals surface area contributed by atoms with Crippen molar-refractivity contribution in [3.05, 3.63) is 54.1 Å². The number of amides is 2. The highest BCUT2D eigenvalue weighted by Gasteiger charge is 2.08. The lowest BCUT2D eigenvalue weighted by atomic mass is 10.2. The number of hydrogen-bond acceptors (Lipinski definition) is 4. The maximum Gasteiger partial charge on any atom is 0.259 e. The van der Waals surface area contributed by atoms with Crippen LogP contribution in [0.2, 0.25) is 0 Å². The molecule has 0 saturated heterocycles. The Morgan fingerprint density at radius 2 is 1.83 bits per heavy atom. The SMILES string of the molecule is CSc1ccc(C(=O)Nc2cccc(OCC(=O)N(C)C)c2)cc1. The Labute approximate surface area is 146 Å². The Hall–Kier alpha value is -2.47. The molecule has 0 aliphatic heterocycles. The van der Waals surface area contributed by atoms with Crippen LogP contribution in [0.3, 0.4) is 0 Å². The molecule has 2 amide bonds. The monoisotopic (exact) mass is 344 g/mol. The average molecular weight is 344 g/mol. The van der Waals surface area contributed by atoms with Gasteiger partial charge in [-0.2, -0.15) is 0 Å². The topological polar surface area (TPSA) is 58.6 Å². The maximum atomic E-state index is 12.3. The van der Waals surface area contributed by atoms with Crippen molar-refractivity contribution in [2.24, 2.45) is 0 Å². The first-order chi connectivity index (χ1) is 11.5. The zero-order valence-corrected chi connectivity index (χ0v) is 14.7. The van der Waals surface area contributed by atoms with Crippen LogP contribution in [0, 0.1) is 0 Å². The minimum atomic E-state index is -0.191. The predicted octanol–water partition coefficient (Wildman–Crippen LogP) is 3.13. The van der Waals surface area contributed by atoms with E-state index in [1.54, 1.807) is 62.3 Å². The van der Waals surface area contributed by atoms with Crippen LogP contribution in [0.15, 0.2) is 53.4 Å². The van der Waals surface area contributed by atoms with E-state index in [-0.39, 0.29) is 18.4 Å². The Bertz CT molecular complexity index is 714. The van der Waals surface area contributed by atoms with E-state index in [0.717, 1.165) is 4.90 Å². The van der Waals surface area contributed by atoms with E-state index in [9.17, 15) is 9.59 Å². The Morgan fingerprint density at radius 1 is 1.12 bits per heavy atom. The van der Waals surface area contributed by atoms with E-state index < -0.39 is 0 Å². The third-order valence-electron chi connectivity index (χ3n) is 3.31. The van der Waals surface area contributed by atoms with Gasteiger partial charge in [0.05, 0.1) is 0 Å². The van der Waals surface area contributed by atoms with Crippen LogP contribution in [0.1, 0.15) is 10.4 Å². The third-order valence-corrected chi connectivity index (χ3v) is 4.05. The first-order valence-electron chi connectivity index (χ1n) is 7.38. The second-order valence-electron chi connectivity index (χ2n) is 5.29. The summed E-state index contributed by atoms with van der Waals surface area (Å²) in [6.45, 7) is -0.0411. The lowest BCUT2D eigenvalue weighted by Gasteiger charge is -2.12. The molecule has 2 aromatic carbocycles. The largest absolute Gasteiger partial charge is 0.484 e. The molecule has 2 rings (SSSR count). The fourth-order valence-corrected chi connectivity index (χ4v) is 2.29. The van der Waals surface area contributed by atoms with Gasteiger partial charge in [0.15, 0.2) is 6.61 Å². The molecule has 24 heavy (non-hydrogen) atoms. The molecule has 6 heteroatoms. The van der Waals surface area contributed by atoms with Crippen LogP contribution in [0.25, 0.3) is 0 Å². The van der Waals surface area contributed by atoms with Crippen molar-refractivity contribution in [2.75, 3.05) is 32.3 Å². The molecule has 0 radical (unpaired) electrons. The summed E-state index contributed by atoms with van der Waals surface area (Å²) in [4.78, 5) is 26.4.